The largest absolute Gasteiger partial charge is 0.507 e. The monoisotopic (exact) mass is 366 g/mol. The van der Waals surface area contributed by atoms with Crippen LogP contribution in [0.1, 0.15) is 31.9 Å². The van der Waals surface area contributed by atoms with Crippen molar-refractivity contribution in [1.29, 1.82) is 0 Å². The van der Waals surface area contributed by atoms with Gasteiger partial charge in [-0.25, -0.2) is 4.83 Å². The van der Waals surface area contributed by atoms with E-state index in [1.165, 1.54) is 36.5 Å². The van der Waals surface area contributed by atoms with E-state index in [-0.39, 0.29) is 16.1 Å². The molecule has 0 unspecified atom stereocenters. The van der Waals surface area contributed by atoms with Crippen molar-refractivity contribution in [2.24, 2.45) is 5.10 Å². The van der Waals surface area contributed by atoms with Crippen LogP contribution in [0.15, 0.2) is 52.5 Å². The molecule has 0 saturated carbocycles. The molecule has 0 bridgehead atoms. The van der Waals surface area contributed by atoms with Crippen molar-refractivity contribution in [3.05, 3.63) is 58.6 Å². The van der Waals surface area contributed by atoms with E-state index in [0.29, 0.717) is 10.6 Å². The van der Waals surface area contributed by atoms with E-state index in [9.17, 15) is 13.5 Å². The summed E-state index contributed by atoms with van der Waals surface area (Å²) in [6, 6.07) is 11.0. The summed E-state index contributed by atoms with van der Waals surface area (Å²) in [5.41, 5.74) is 1.29. The van der Waals surface area contributed by atoms with Gasteiger partial charge in [-0.2, -0.15) is 13.5 Å². The molecule has 2 N–H and O–H groups in total. The molecule has 2 rings (SSSR count). The topological polar surface area (TPSA) is 78.8 Å². The Hall–Kier alpha value is -2.05. The van der Waals surface area contributed by atoms with Crippen molar-refractivity contribution in [2.75, 3.05) is 0 Å². The van der Waals surface area contributed by atoms with Gasteiger partial charge in [0.1, 0.15) is 5.75 Å². The molecule has 0 spiro atoms. The minimum absolute atomic E-state index is 0.0446. The smallest absolute Gasteiger partial charge is 0.276 e. The molecule has 5 nitrogen and oxygen atoms in total. The maximum absolute atomic E-state index is 12.2. The number of nitrogens with one attached hydrogen (secondary N) is 1. The summed E-state index contributed by atoms with van der Waals surface area (Å²) in [4.78, 5) is 2.23. The van der Waals surface area contributed by atoms with Crippen molar-refractivity contribution in [3.8, 4) is 5.75 Å². The molecule has 0 aliphatic carbocycles. The van der Waals surface area contributed by atoms with Crippen molar-refractivity contribution in [1.82, 2.24) is 4.83 Å². The van der Waals surface area contributed by atoms with E-state index in [1.807, 2.05) is 0 Å². The fraction of sp³-hybridized carbons (Fsp3) is 0.235. The lowest BCUT2D eigenvalue weighted by molar-refractivity contribution is 0.474. The van der Waals surface area contributed by atoms with Crippen LogP contribution in [-0.2, 0) is 15.4 Å². The van der Waals surface area contributed by atoms with Gasteiger partial charge in [-0.05, 0) is 41.3 Å². The molecule has 0 saturated heterocycles. The summed E-state index contributed by atoms with van der Waals surface area (Å²) in [5.74, 6) is -0.0446. The summed E-state index contributed by atoms with van der Waals surface area (Å²) >= 11 is 5.82. The van der Waals surface area contributed by atoms with Crippen LogP contribution in [0.3, 0.4) is 0 Å². The van der Waals surface area contributed by atoms with Gasteiger partial charge in [-0.15, -0.1) is 0 Å². The quantitative estimate of drug-likeness (QED) is 0.640. The van der Waals surface area contributed by atoms with Gasteiger partial charge in [-0.1, -0.05) is 44.5 Å². The van der Waals surface area contributed by atoms with Gasteiger partial charge >= 0.3 is 0 Å². The van der Waals surface area contributed by atoms with E-state index in [0.717, 1.165) is 5.56 Å². The Bertz CT molecular complexity index is 854. The molecule has 0 heterocycles. The highest BCUT2D eigenvalue weighted by molar-refractivity contribution is 7.89. The Labute approximate surface area is 147 Å². The van der Waals surface area contributed by atoms with Crippen molar-refractivity contribution >= 4 is 27.8 Å². The number of phenols is 1. The molecule has 128 valence electrons. The number of hydrazone groups is 1. The summed E-state index contributed by atoms with van der Waals surface area (Å²) < 4.78 is 24.4. The van der Waals surface area contributed by atoms with Crippen LogP contribution in [0.4, 0.5) is 0 Å². The van der Waals surface area contributed by atoms with Crippen molar-refractivity contribution in [2.45, 2.75) is 31.1 Å². The Kier molecular flexibility index (Phi) is 5.20. The van der Waals surface area contributed by atoms with Crippen LogP contribution in [0, 0.1) is 0 Å². The minimum atomic E-state index is -3.78. The minimum Gasteiger partial charge on any atom is -0.507 e. The highest BCUT2D eigenvalue weighted by Gasteiger charge is 2.17. The van der Waals surface area contributed by atoms with Gasteiger partial charge in [0.15, 0.2) is 0 Å². The first-order valence-electron chi connectivity index (χ1n) is 7.23. The van der Waals surface area contributed by atoms with E-state index < -0.39 is 10.0 Å². The third-order valence-corrected chi connectivity index (χ3v) is 4.87. The lowest BCUT2D eigenvalue weighted by atomic mass is 9.87. The summed E-state index contributed by atoms with van der Waals surface area (Å²) in [6.07, 6.45) is 1.20. The summed E-state index contributed by atoms with van der Waals surface area (Å²) in [6.45, 7) is 6.16. The molecule has 0 aliphatic rings. The van der Waals surface area contributed by atoms with Crippen LogP contribution in [0.5, 0.6) is 5.75 Å². The molecule has 0 atom stereocenters. The Morgan fingerprint density at radius 3 is 2.33 bits per heavy atom. The maximum atomic E-state index is 12.2. The van der Waals surface area contributed by atoms with E-state index in [1.54, 1.807) is 12.1 Å². The van der Waals surface area contributed by atoms with Gasteiger partial charge in [0.2, 0.25) is 0 Å². The summed E-state index contributed by atoms with van der Waals surface area (Å²) in [7, 11) is -3.78. The summed E-state index contributed by atoms with van der Waals surface area (Å²) in [5, 5.41) is 13.8. The Morgan fingerprint density at radius 1 is 1.12 bits per heavy atom. The maximum Gasteiger partial charge on any atom is 0.276 e. The average Bonchev–Trinajstić information content (AvgIpc) is 2.50. The third-order valence-electron chi connectivity index (χ3n) is 3.40. The molecule has 7 heteroatoms. The van der Waals surface area contributed by atoms with E-state index in [2.05, 4.69) is 30.7 Å². The molecule has 2 aromatic carbocycles. The van der Waals surface area contributed by atoms with Gasteiger partial charge in [-0.3, -0.25) is 0 Å². The molecule has 24 heavy (non-hydrogen) atoms. The first kappa shape index (κ1) is 18.3. The Morgan fingerprint density at radius 2 is 1.75 bits per heavy atom. The van der Waals surface area contributed by atoms with Crippen LogP contribution in [0.2, 0.25) is 5.02 Å². The number of nitrogens with zero attached hydrogens (tertiary/aromatic N) is 1. The first-order valence-corrected chi connectivity index (χ1v) is 9.10. The van der Waals surface area contributed by atoms with Gasteiger partial charge in [0.05, 0.1) is 11.1 Å². The number of sulfonamides is 1. The molecular formula is C17H19ClN2O3S. The number of benzene rings is 2. The van der Waals surface area contributed by atoms with Crippen LogP contribution in [-0.4, -0.2) is 19.7 Å². The second kappa shape index (κ2) is 6.83. The number of hydrogen-bond donors (Lipinski definition) is 2. The number of hydrogen-bond acceptors (Lipinski definition) is 4. The zero-order valence-corrected chi connectivity index (χ0v) is 15.2. The molecule has 0 aromatic heterocycles. The molecule has 2 aromatic rings. The SMILES string of the molecule is CC(C)(C)c1ccc(S(=O)(=O)N/N=C\c2cc(Cl)ccc2O)cc1. The number of aromatic hydroxyl groups is 1. The van der Waals surface area contributed by atoms with Gasteiger partial charge < -0.3 is 5.11 Å². The average molecular weight is 367 g/mol. The zero-order valence-electron chi connectivity index (χ0n) is 13.6. The molecule has 0 fully saturated rings. The van der Waals surface area contributed by atoms with Crippen LogP contribution >= 0.6 is 11.6 Å². The molecule has 0 radical (unpaired) electrons. The van der Waals surface area contributed by atoms with E-state index in [4.69, 9.17) is 11.6 Å². The zero-order chi connectivity index (χ0) is 18.0. The second-order valence-electron chi connectivity index (χ2n) is 6.33. The van der Waals surface area contributed by atoms with Crippen LogP contribution < -0.4 is 4.83 Å². The lowest BCUT2D eigenvalue weighted by Crippen LogP contribution is -2.19. The predicted molar refractivity (Wildman–Crippen MR) is 96.2 cm³/mol. The molecule has 0 amide bonds. The normalized spacial score (nSPS) is 12.5. The van der Waals surface area contributed by atoms with Gasteiger partial charge in [0.25, 0.3) is 10.0 Å². The number of phenolic OH excluding ortho intramolecular Hbond substituents is 1. The number of halogens is 1. The number of rotatable bonds is 4. The Balaban J connectivity index is 2.16. The fourth-order valence-corrected chi connectivity index (χ4v) is 2.95. The van der Waals surface area contributed by atoms with Crippen molar-refractivity contribution < 1.29 is 13.5 Å². The highest BCUT2D eigenvalue weighted by atomic mass is 35.5. The van der Waals surface area contributed by atoms with Crippen molar-refractivity contribution in [3.63, 3.8) is 0 Å². The standard InChI is InChI=1S/C17H19ClN2O3S/c1-17(2,3)13-4-7-15(8-5-13)24(22,23)20-19-11-12-10-14(18)6-9-16(12)21/h4-11,20-21H,1-3H3/b19-11-. The fourth-order valence-electron chi connectivity index (χ4n) is 1.98. The van der Waals surface area contributed by atoms with Gasteiger partial charge in [0, 0.05) is 10.6 Å². The lowest BCUT2D eigenvalue weighted by Gasteiger charge is -2.19. The second-order valence-corrected chi connectivity index (χ2v) is 8.43. The molecular weight excluding hydrogens is 348 g/mol. The third kappa shape index (κ3) is 4.49. The highest BCUT2D eigenvalue weighted by Crippen LogP contribution is 2.23. The first-order chi connectivity index (χ1) is 11.1. The molecule has 0 aliphatic heterocycles. The predicted octanol–water partition coefficient (Wildman–Crippen LogP) is 3.66. The van der Waals surface area contributed by atoms with E-state index >= 15 is 0 Å². The van der Waals surface area contributed by atoms with Crippen LogP contribution in [0.25, 0.3) is 0 Å².